The molecule has 158 valence electrons. The molecule has 0 radical (unpaired) electrons. The minimum atomic E-state index is -0.409. The third-order valence-corrected chi connectivity index (χ3v) is 7.83. The Morgan fingerprint density at radius 3 is 2.87 bits per heavy atom. The van der Waals surface area contributed by atoms with Crippen LogP contribution in [0.5, 0.6) is 0 Å². The van der Waals surface area contributed by atoms with Crippen molar-refractivity contribution in [1.82, 2.24) is 5.32 Å². The molecule has 2 atom stereocenters. The largest absolute Gasteiger partial charge is 0.353 e. The molecule has 4 rings (SSSR count). The van der Waals surface area contributed by atoms with Gasteiger partial charge in [0.2, 0.25) is 0 Å². The van der Waals surface area contributed by atoms with Crippen LogP contribution >= 0.6 is 11.3 Å². The number of non-ortho nitro benzene ring substituents is 1. The maximum Gasteiger partial charge on any atom is 0.270 e. The van der Waals surface area contributed by atoms with Crippen molar-refractivity contribution in [3.05, 3.63) is 62.0 Å². The molecular formula is C23H27N3O3S. The van der Waals surface area contributed by atoms with Crippen LogP contribution in [0, 0.1) is 21.4 Å². The first-order chi connectivity index (χ1) is 14.3. The van der Waals surface area contributed by atoms with Crippen molar-refractivity contribution in [1.29, 1.82) is 0 Å². The number of nitro benzene ring substituents is 1. The number of carbonyl (C=O) groups excluding carboxylic acids is 1. The highest BCUT2D eigenvalue weighted by atomic mass is 32.1. The van der Waals surface area contributed by atoms with E-state index in [0.717, 1.165) is 41.8 Å². The summed E-state index contributed by atoms with van der Waals surface area (Å²) in [6, 6.07) is 6.45. The van der Waals surface area contributed by atoms with Gasteiger partial charge in [-0.1, -0.05) is 45.4 Å². The molecule has 1 aromatic carbocycles. The molecule has 0 saturated heterocycles. The van der Waals surface area contributed by atoms with Gasteiger partial charge in [-0.25, -0.2) is 0 Å². The van der Waals surface area contributed by atoms with E-state index in [1.165, 1.54) is 22.6 Å². The fourth-order valence-corrected chi connectivity index (χ4v) is 5.68. The molecule has 1 aliphatic carbocycles. The molecule has 0 saturated carbocycles. The van der Waals surface area contributed by atoms with E-state index in [4.69, 9.17) is 0 Å². The summed E-state index contributed by atoms with van der Waals surface area (Å²) < 4.78 is 0. The number of rotatable bonds is 5. The van der Waals surface area contributed by atoms with Gasteiger partial charge in [-0.3, -0.25) is 14.9 Å². The lowest BCUT2D eigenvalue weighted by Crippen LogP contribution is -2.43. The first-order valence-electron chi connectivity index (χ1n) is 10.4. The predicted octanol–water partition coefficient (Wildman–Crippen LogP) is 5.39. The van der Waals surface area contributed by atoms with E-state index in [1.807, 2.05) is 6.08 Å². The van der Waals surface area contributed by atoms with Gasteiger partial charge in [-0.05, 0) is 47.8 Å². The van der Waals surface area contributed by atoms with Crippen LogP contribution in [0.2, 0.25) is 0 Å². The van der Waals surface area contributed by atoms with E-state index in [1.54, 1.807) is 29.5 Å². The van der Waals surface area contributed by atoms with Crippen LogP contribution in [-0.2, 0) is 12.8 Å². The molecule has 0 fully saturated rings. The lowest BCUT2D eigenvalue weighted by atomic mass is 9.69. The van der Waals surface area contributed by atoms with Crippen molar-refractivity contribution < 1.29 is 9.72 Å². The van der Waals surface area contributed by atoms with Crippen LogP contribution < -0.4 is 10.6 Å². The highest BCUT2D eigenvalue weighted by Crippen LogP contribution is 2.46. The third-order valence-electron chi connectivity index (χ3n) is 6.64. The quantitative estimate of drug-likeness (QED) is 0.497. The number of hydrogen-bond donors (Lipinski definition) is 2. The van der Waals surface area contributed by atoms with Gasteiger partial charge < -0.3 is 10.6 Å². The summed E-state index contributed by atoms with van der Waals surface area (Å²) in [5, 5.41) is 18.3. The van der Waals surface area contributed by atoms with Gasteiger partial charge in [0.15, 0.2) is 0 Å². The summed E-state index contributed by atoms with van der Waals surface area (Å²) in [6.45, 7) is 6.94. The van der Waals surface area contributed by atoms with Crippen molar-refractivity contribution in [3.63, 3.8) is 0 Å². The van der Waals surface area contributed by atoms with Crippen LogP contribution in [0.4, 0.5) is 10.7 Å². The Labute approximate surface area is 180 Å². The second kappa shape index (κ2) is 7.87. The first-order valence-corrected chi connectivity index (χ1v) is 11.2. The van der Waals surface area contributed by atoms with Crippen LogP contribution in [0.25, 0.3) is 6.08 Å². The molecule has 1 amide bonds. The Kier molecular flexibility index (Phi) is 5.40. The fraction of sp³-hybridized carbons (Fsp3) is 0.435. The average molecular weight is 426 g/mol. The van der Waals surface area contributed by atoms with Crippen LogP contribution in [0.1, 0.15) is 60.0 Å². The summed E-state index contributed by atoms with van der Waals surface area (Å²) in [7, 11) is 0. The number of nitrogens with one attached hydrogen (secondary N) is 2. The number of benzene rings is 1. The molecule has 1 aliphatic heterocycles. The Morgan fingerprint density at radius 2 is 2.13 bits per heavy atom. The second-order valence-corrected chi connectivity index (χ2v) is 9.90. The molecule has 0 spiro atoms. The Balaban J connectivity index is 1.53. The Morgan fingerprint density at radius 1 is 1.33 bits per heavy atom. The van der Waals surface area contributed by atoms with Gasteiger partial charge in [-0.2, -0.15) is 0 Å². The van der Waals surface area contributed by atoms with Gasteiger partial charge in [0.25, 0.3) is 11.6 Å². The number of anilines is 1. The lowest BCUT2D eigenvalue weighted by molar-refractivity contribution is -0.384. The van der Waals surface area contributed by atoms with Gasteiger partial charge in [0.05, 0.1) is 10.5 Å². The monoisotopic (exact) mass is 425 g/mol. The molecule has 2 aliphatic rings. The molecule has 0 unspecified atom stereocenters. The van der Waals surface area contributed by atoms with Crippen LogP contribution in [0.3, 0.4) is 0 Å². The van der Waals surface area contributed by atoms with Crippen molar-refractivity contribution in [2.45, 2.75) is 52.6 Å². The number of thiophene rings is 1. The topological polar surface area (TPSA) is 84.3 Å². The molecular weight excluding hydrogens is 398 g/mol. The molecule has 7 heteroatoms. The molecule has 0 bridgehead atoms. The van der Waals surface area contributed by atoms with Gasteiger partial charge in [0.1, 0.15) is 11.2 Å². The maximum atomic E-state index is 12.9. The second-order valence-electron chi connectivity index (χ2n) is 8.80. The smallest absolute Gasteiger partial charge is 0.270 e. The Bertz CT molecular complexity index is 1020. The van der Waals surface area contributed by atoms with E-state index in [2.05, 4.69) is 31.4 Å². The van der Waals surface area contributed by atoms with E-state index >= 15 is 0 Å². The molecule has 2 N–H and O–H groups in total. The SMILES string of the molecule is CCC(C)(C)[C@H]1CCc2c(sc3c2C(=O)N[C@@H](/C=C/c2cccc([N+](=O)[O-])c2)N3)C1. The molecule has 2 heterocycles. The van der Waals surface area contributed by atoms with Crippen molar-refractivity contribution in [3.8, 4) is 0 Å². The predicted molar refractivity (Wildman–Crippen MR) is 121 cm³/mol. The minimum absolute atomic E-state index is 0.0388. The van der Waals surface area contributed by atoms with E-state index < -0.39 is 4.92 Å². The lowest BCUT2D eigenvalue weighted by Gasteiger charge is -2.36. The number of hydrogen-bond acceptors (Lipinski definition) is 5. The van der Waals surface area contributed by atoms with Crippen molar-refractivity contribution >= 4 is 34.0 Å². The number of amides is 1. The standard InChI is InChI=1S/C23H27N3O3S/c1-4-23(2,3)15-9-10-17-18(13-15)30-22-20(17)21(27)24-19(25-22)11-8-14-6-5-7-16(12-14)26(28)29/h5-8,11-12,15,19,25H,4,9-10,13H2,1-3H3,(H,24,27)/b11-8+/t15-,19+/m0/s1. The average Bonchev–Trinajstić information content (AvgIpc) is 3.10. The fourth-order valence-electron chi connectivity index (χ4n) is 4.32. The third kappa shape index (κ3) is 3.86. The van der Waals surface area contributed by atoms with E-state index in [9.17, 15) is 14.9 Å². The zero-order valence-corrected chi connectivity index (χ0v) is 18.3. The zero-order chi connectivity index (χ0) is 21.5. The number of fused-ring (bicyclic) bond motifs is 3. The van der Waals surface area contributed by atoms with Crippen molar-refractivity contribution in [2.24, 2.45) is 11.3 Å². The first kappa shape index (κ1) is 20.6. The summed E-state index contributed by atoms with van der Waals surface area (Å²) in [6.07, 6.45) is 7.56. The molecule has 6 nitrogen and oxygen atoms in total. The molecule has 30 heavy (non-hydrogen) atoms. The molecule has 1 aromatic heterocycles. The summed E-state index contributed by atoms with van der Waals surface area (Å²) in [5.41, 5.74) is 3.10. The van der Waals surface area contributed by atoms with Gasteiger partial charge in [0, 0.05) is 17.0 Å². The molecule has 2 aromatic rings. The number of nitro groups is 1. The summed E-state index contributed by atoms with van der Waals surface area (Å²) in [5.74, 6) is 0.603. The highest BCUT2D eigenvalue weighted by molar-refractivity contribution is 7.16. The zero-order valence-electron chi connectivity index (χ0n) is 17.5. The van der Waals surface area contributed by atoms with Gasteiger partial charge in [-0.15, -0.1) is 11.3 Å². The van der Waals surface area contributed by atoms with Gasteiger partial charge >= 0.3 is 0 Å². The van der Waals surface area contributed by atoms with E-state index in [-0.39, 0.29) is 17.8 Å². The van der Waals surface area contributed by atoms with Crippen molar-refractivity contribution in [2.75, 3.05) is 5.32 Å². The number of carbonyl (C=O) groups is 1. The Hall–Kier alpha value is -2.67. The normalized spacial score (nSPS) is 21.0. The van der Waals surface area contributed by atoms with E-state index in [0.29, 0.717) is 11.3 Å². The maximum absolute atomic E-state index is 12.9. The minimum Gasteiger partial charge on any atom is -0.353 e. The summed E-state index contributed by atoms with van der Waals surface area (Å²) in [4.78, 5) is 24.7. The highest BCUT2D eigenvalue weighted by Gasteiger charge is 2.36. The summed E-state index contributed by atoms with van der Waals surface area (Å²) >= 11 is 1.71. The van der Waals surface area contributed by atoms with Crippen LogP contribution in [0.15, 0.2) is 30.3 Å². The van der Waals surface area contributed by atoms with Crippen LogP contribution in [-0.4, -0.2) is 17.0 Å². The number of nitrogens with zero attached hydrogens (tertiary/aromatic N) is 1.